The number of carbonyl (C=O) groups excluding carboxylic acids is 1. The van der Waals surface area contributed by atoms with E-state index in [1.54, 1.807) is 12.1 Å². The first-order valence-corrected chi connectivity index (χ1v) is 11.4. The van der Waals surface area contributed by atoms with E-state index in [2.05, 4.69) is 27.2 Å². The maximum atomic E-state index is 12.5. The van der Waals surface area contributed by atoms with Crippen LogP contribution in [-0.2, 0) is 4.79 Å². The van der Waals surface area contributed by atoms with Gasteiger partial charge in [0.1, 0.15) is 5.69 Å². The Balaban J connectivity index is 1.27. The van der Waals surface area contributed by atoms with E-state index in [-0.39, 0.29) is 11.6 Å². The Morgan fingerprint density at radius 2 is 1.62 bits per heavy atom. The summed E-state index contributed by atoms with van der Waals surface area (Å²) in [7, 11) is 0. The van der Waals surface area contributed by atoms with Crippen LogP contribution in [0, 0.1) is 10.1 Å². The van der Waals surface area contributed by atoms with Crippen LogP contribution in [0.25, 0.3) is 0 Å². The third-order valence-electron chi connectivity index (χ3n) is 6.09. The number of piperidine rings is 1. The molecule has 2 aromatic rings. The van der Waals surface area contributed by atoms with Crippen molar-refractivity contribution in [1.82, 2.24) is 4.90 Å². The molecule has 0 radical (unpaired) electrons. The van der Waals surface area contributed by atoms with E-state index in [9.17, 15) is 14.9 Å². The molecule has 1 N–H and O–H groups in total. The van der Waals surface area contributed by atoms with Crippen molar-refractivity contribution in [1.29, 1.82) is 0 Å². The van der Waals surface area contributed by atoms with Gasteiger partial charge in [0.15, 0.2) is 0 Å². The first-order valence-electron chi connectivity index (χ1n) is 11.1. The lowest BCUT2D eigenvalue weighted by Gasteiger charge is -2.35. The summed E-state index contributed by atoms with van der Waals surface area (Å²) < 4.78 is 0. The van der Waals surface area contributed by atoms with Crippen molar-refractivity contribution in [3.63, 3.8) is 0 Å². The Hall–Kier alpha value is -2.84. The Kier molecular flexibility index (Phi) is 7.12. The van der Waals surface area contributed by atoms with Crippen LogP contribution < -0.4 is 15.1 Å². The highest BCUT2D eigenvalue weighted by molar-refractivity contribution is 6.30. The molecule has 9 heteroatoms. The largest absolute Gasteiger partial charge is 0.372 e. The molecule has 0 bridgehead atoms. The molecule has 0 aliphatic carbocycles. The van der Waals surface area contributed by atoms with Gasteiger partial charge in [0.25, 0.3) is 5.69 Å². The number of amides is 1. The summed E-state index contributed by atoms with van der Waals surface area (Å²) in [6, 6.07) is 12.8. The number of anilines is 3. The van der Waals surface area contributed by atoms with Gasteiger partial charge in [-0.05, 0) is 55.7 Å². The minimum absolute atomic E-state index is 0.0108. The fourth-order valence-electron chi connectivity index (χ4n) is 4.37. The zero-order valence-corrected chi connectivity index (χ0v) is 18.8. The Labute approximate surface area is 192 Å². The molecule has 2 fully saturated rings. The van der Waals surface area contributed by atoms with E-state index in [1.165, 1.54) is 31.0 Å². The lowest BCUT2D eigenvalue weighted by molar-refractivity contribution is -0.384. The summed E-state index contributed by atoms with van der Waals surface area (Å²) in [5.41, 5.74) is 2.58. The van der Waals surface area contributed by atoms with Crippen LogP contribution in [0.3, 0.4) is 0 Å². The van der Waals surface area contributed by atoms with Gasteiger partial charge in [-0.1, -0.05) is 11.6 Å². The van der Waals surface area contributed by atoms with Crippen LogP contribution in [0.1, 0.15) is 19.3 Å². The number of nitrogens with zero attached hydrogens (tertiary/aromatic N) is 4. The van der Waals surface area contributed by atoms with E-state index < -0.39 is 4.92 Å². The molecule has 170 valence electrons. The third-order valence-corrected chi connectivity index (χ3v) is 6.32. The smallest absolute Gasteiger partial charge is 0.294 e. The van der Waals surface area contributed by atoms with Gasteiger partial charge in [-0.2, -0.15) is 0 Å². The molecular weight excluding hydrogens is 430 g/mol. The molecule has 0 unspecified atom stereocenters. The second kappa shape index (κ2) is 10.2. The molecule has 0 aromatic heterocycles. The summed E-state index contributed by atoms with van der Waals surface area (Å²) in [5.74, 6) is -0.0540. The van der Waals surface area contributed by atoms with E-state index in [0.717, 1.165) is 18.8 Å². The molecule has 2 aliphatic rings. The summed E-state index contributed by atoms with van der Waals surface area (Å²) in [4.78, 5) is 29.9. The zero-order chi connectivity index (χ0) is 22.5. The molecular formula is C23H28ClN5O3. The van der Waals surface area contributed by atoms with Gasteiger partial charge >= 0.3 is 0 Å². The van der Waals surface area contributed by atoms with E-state index in [4.69, 9.17) is 11.6 Å². The van der Waals surface area contributed by atoms with Crippen molar-refractivity contribution in [2.45, 2.75) is 19.3 Å². The maximum Gasteiger partial charge on any atom is 0.294 e. The lowest BCUT2D eigenvalue weighted by Crippen LogP contribution is -2.48. The number of nitrogens with one attached hydrogen (secondary N) is 1. The number of hydrogen-bond donors (Lipinski definition) is 1. The first kappa shape index (κ1) is 22.4. The molecule has 2 heterocycles. The zero-order valence-electron chi connectivity index (χ0n) is 18.0. The van der Waals surface area contributed by atoms with Crippen molar-refractivity contribution >= 4 is 40.3 Å². The second-order valence-corrected chi connectivity index (χ2v) is 8.73. The fourth-order valence-corrected chi connectivity index (χ4v) is 4.53. The molecule has 2 saturated heterocycles. The van der Waals surface area contributed by atoms with Crippen molar-refractivity contribution in [3.05, 3.63) is 57.6 Å². The number of rotatable bonds is 6. The number of halogens is 1. The van der Waals surface area contributed by atoms with Gasteiger partial charge in [0.2, 0.25) is 5.91 Å². The number of hydrogen-bond acceptors (Lipinski definition) is 6. The molecule has 32 heavy (non-hydrogen) atoms. The molecule has 4 rings (SSSR count). The van der Waals surface area contributed by atoms with Crippen LogP contribution in [0.4, 0.5) is 22.7 Å². The fraction of sp³-hybridized carbons (Fsp3) is 0.435. The molecule has 0 saturated carbocycles. The quantitative estimate of drug-likeness (QED) is 0.521. The SMILES string of the molecule is O=C(CN1CCN(c2ccc(Cl)cc2[N+](=O)[O-])CC1)Nc1ccc(N2CCCCC2)cc1. The van der Waals surface area contributed by atoms with Crippen LogP contribution in [-0.4, -0.2) is 61.5 Å². The van der Waals surface area contributed by atoms with Crippen LogP contribution in [0.2, 0.25) is 5.02 Å². The van der Waals surface area contributed by atoms with Crippen LogP contribution >= 0.6 is 11.6 Å². The molecule has 2 aliphatic heterocycles. The third kappa shape index (κ3) is 5.49. The van der Waals surface area contributed by atoms with Gasteiger partial charge in [0, 0.05) is 61.7 Å². The van der Waals surface area contributed by atoms with Crippen LogP contribution in [0.5, 0.6) is 0 Å². The molecule has 8 nitrogen and oxygen atoms in total. The van der Waals surface area contributed by atoms with Crippen LogP contribution in [0.15, 0.2) is 42.5 Å². The maximum absolute atomic E-state index is 12.5. The normalized spacial score (nSPS) is 17.3. The Bertz CT molecular complexity index is 955. The van der Waals surface area contributed by atoms with E-state index in [0.29, 0.717) is 43.4 Å². The van der Waals surface area contributed by atoms with Crippen molar-refractivity contribution in [2.24, 2.45) is 0 Å². The topological polar surface area (TPSA) is 82.0 Å². The molecule has 0 spiro atoms. The summed E-state index contributed by atoms with van der Waals surface area (Å²) in [6.07, 6.45) is 3.77. The molecule has 2 aromatic carbocycles. The number of nitro benzene ring substituents is 1. The summed E-state index contributed by atoms with van der Waals surface area (Å²) in [5, 5.41) is 14.7. The lowest BCUT2D eigenvalue weighted by atomic mass is 10.1. The average Bonchev–Trinajstić information content (AvgIpc) is 2.80. The standard InChI is InChI=1S/C23H28ClN5O3/c24-18-4-9-21(22(16-18)29(31)32)28-14-12-26(13-15-28)17-23(30)25-19-5-7-20(8-6-19)27-10-2-1-3-11-27/h4-9,16H,1-3,10-15,17H2,(H,25,30). The molecule has 1 amide bonds. The predicted octanol–water partition coefficient (Wildman–Crippen LogP) is 4.00. The number of benzene rings is 2. The van der Waals surface area contributed by atoms with Crippen molar-refractivity contribution in [2.75, 3.05) is 60.9 Å². The summed E-state index contributed by atoms with van der Waals surface area (Å²) in [6.45, 7) is 5.01. The van der Waals surface area contributed by atoms with Gasteiger partial charge in [-0.15, -0.1) is 0 Å². The van der Waals surface area contributed by atoms with Crippen molar-refractivity contribution < 1.29 is 9.72 Å². The highest BCUT2D eigenvalue weighted by atomic mass is 35.5. The Morgan fingerprint density at radius 1 is 0.938 bits per heavy atom. The number of carbonyl (C=O) groups is 1. The predicted molar refractivity (Wildman–Crippen MR) is 128 cm³/mol. The van der Waals surface area contributed by atoms with Gasteiger partial charge in [-0.3, -0.25) is 19.8 Å². The average molecular weight is 458 g/mol. The van der Waals surface area contributed by atoms with Gasteiger partial charge < -0.3 is 15.1 Å². The monoisotopic (exact) mass is 457 g/mol. The highest BCUT2D eigenvalue weighted by Crippen LogP contribution is 2.31. The minimum atomic E-state index is -0.405. The Morgan fingerprint density at radius 3 is 2.28 bits per heavy atom. The van der Waals surface area contributed by atoms with Gasteiger partial charge in [-0.25, -0.2) is 0 Å². The van der Waals surface area contributed by atoms with Crippen molar-refractivity contribution in [3.8, 4) is 0 Å². The van der Waals surface area contributed by atoms with Gasteiger partial charge in [0.05, 0.1) is 11.5 Å². The summed E-state index contributed by atoms with van der Waals surface area (Å²) >= 11 is 5.92. The minimum Gasteiger partial charge on any atom is -0.372 e. The van der Waals surface area contributed by atoms with E-state index >= 15 is 0 Å². The molecule has 0 atom stereocenters. The second-order valence-electron chi connectivity index (χ2n) is 8.30. The number of nitro groups is 1. The van der Waals surface area contributed by atoms with E-state index in [1.807, 2.05) is 17.0 Å². The highest BCUT2D eigenvalue weighted by Gasteiger charge is 2.25. The number of piperazine rings is 1. The first-order chi connectivity index (χ1) is 15.5.